The molecule has 0 unspecified atom stereocenters. The van der Waals surface area contributed by atoms with E-state index in [1.54, 1.807) is 0 Å². The maximum Gasteiger partial charge on any atom is 0.248 e. The summed E-state index contributed by atoms with van der Waals surface area (Å²) in [7, 11) is 0. The average molecular weight is 325 g/mol. The molecule has 1 saturated carbocycles. The summed E-state index contributed by atoms with van der Waals surface area (Å²) in [6.45, 7) is 2.28. The second-order valence-electron chi connectivity index (χ2n) is 6.49. The van der Waals surface area contributed by atoms with Crippen LogP contribution in [0, 0.1) is 29.5 Å². The smallest absolute Gasteiger partial charge is 0.224 e. The van der Waals surface area contributed by atoms with Crippen LogP contribution in [-0.4, -0.2) is 4.98 Å². The maximum absolute atomic E-state index is 13.1. The fourth-order valence-corrected chi connectivity index (χ4v) is 3.38. The van der Waals surface area contributed by atoms with Crippen molar-refractivity contribution >= 4 is 0 Å². The van der Waals surface area contributed by atoms with Gasteiger partial charge in [0.1, 0.15) is 0 Å². The van der Waals surface area contributed by atoms with Crippen molar-refractivity contribution in [3.05, 3.63) is 65.0 Å². The number of rotatable bonds is 2. The van der Waals surface area contributed by atoms with Gasteiger partial charge in [-0.3, -0.25) is 0 Å². The van der Waals surface area contributed by atoms with Gasteiger partial charge in [0.2, 0.25) is 5.95 Å². The van der Waals surface area contributed by atoms with E-state index < -0.39 is 11.8 Å². The van der Waals surface area contributed by atoms with Crippen molar-refractivity contribution in [2.75, 3.05) is 0 Å². The number of hydrogen-bond acceptors (Lipinski definition) is 1. The summed E-state index contributed by atoms with van der Waals surface area (Å²) in [6, 6.07) is 9.36. The zero-order chi connectivity index (χ0) is 16.9. The van der Waals surface area contributed by atoms with E-state index in [0.29, 0.717) is 11.5 Å². The van der Waals surface area contributed by atoms with E-state index in [4.69, 9.17) is 0 Å². The van der Waals surface area contributed by atoms with Gasteiger partial charge in [0, 0.05) is 17.3 Å². The highest BCUT2D eigenvalue weighted by molar-refractivity contribution is 5.43. The molecule has 3 rings (SSSR count). The number of benzene rings is 1. The van der Waals surface area contributed by atoms with Crippen LogP contribution in [0.4, 0.5) is 8.78 Å². The molecule has 1 fully saturated rings. The first-order valence-corrected chi connectivity index (χ1v) is 8.58. The molecule has 1 aliphatic rings. The van der Waals surface area contributed by atoms with E-state index in [9.17, 15) is 8.78 Å². The average Bonchev–Trinajstić information content (AvgIpc) is 2.63. The molecule has 0 saturated heterocycles. The molecular formula is C21H21F2N. The molecular weight excluding hydrogens is 304 g/mol. The molecule has 0 N–H and O–H groups in total. The van der Waals surface area contributed by atoms with Crippen LogP contribution >= 0.6 is 0 Å². The van der Waals surface area contributed by atoms with E-state index in [1.807, 2.05) is 12.1 Å². The van der Waals surface area contributed by atoms with Crippen LogP contribution in [0.15, 0.2) is 36.5 Å². The van der Waals surface area contributed by atoms with Gasteiger partial charge in [-0.25, -0.2) is 9.37 Å². The monoisotopic (exact) mass is 325 g/mol. The van der Waals surface area contributed by atoms with Crippen LogP contribution < -0.4 is 0 Å². The van der Waals surface area contributed by atoms with E-state index in [1.165, 1.54) is 43.9 Å². The lowest BCUT2D eigenvalue weighted by molar-refractivity contribution is 0.319. The second-order valence-corrected chi connectivity index (χ2v) is 6.49. The summed E-state index contributed by atoms with van der Waals surface area (Å²) in [5.41, 5.74) is 2.62. The maximum atomic E-state index is 13.1. The number of pyridine rings is 1. The Balaban J connectivity index is 1.67. The molecule has 0 spiro atoms. The van der Waals surface area contributed by atoms with Gasteiger partial charge in [-0.05, 0) is 61.3 Å². The van der Waals surface area contributed by atoms with E-state index in [-0.39, 0.29) is 0 Å². The molecule has 3 heteroatoms. The Labute approximate surface area is 142 Å². The molecule has 24 heavy (non-hydrogen) atoms. The summed E-state index contributed by atoms with van der Waals surface area (Å²) in [5, 5.41) is 0. The van der Waals surface area contributed by atoms with E-state index in [2.05, 4.69) is 35.9 Å². The third kappa shape index (κ3) is 4.00. The Kier molecular flexibility index (Phi) is 5.25. The Bertz CT molecular complexity index is 748. The molecule has 1 aliphatic carbocycles. The normalized spacial score (nSPS) is 20.3. The minimum absolute atomic E-state index is 0.371. The summed E-state index contributed by atoms with van der Waals surface area (Å²) >= 11 is 0. The number of nitrogens with zero attached hydrogens (tertiary/aromatic N) is 1. The number of aromatic nitrogens is 1. The predicted octanol–water partition coefficient (Wildman–Crippen LogP) is 5.44. The van der Waals surface area contributed by atoms with Crippen LogP contribution in [0.3, 0.4) is 0 Å². The van der Waals surface area contributed by atoms with Gasteiger partial charge in [0.15, 0.2) is 5.82 Å². The third-order valence-corrected chi connectivity index (χ3v) is 4.95. The fraction of sp³-hybridized carbons (Fsp3) is 0.381. The largest absolute Gasteiger partial charge is 0.248 e. The van der Waals surface area contributed by atoms with Crippen LogP contribution in [0.25, 0.3) is 0 Å². The zero-order valence-corrected chi connectivity index (χ0v) is 13.9. The molecule has 0 atom stereocenters. The quantitative estimate of drug-likeness (QED) is 0.529. The SMILES string of the molecule is CCC1CCC(c2ccc(C#Cc3cnc(F)c(F)c3)cc2)CC1. The highest BCUT2D eigenvalue weighted by atomic mass is 19.2. The van der Waals surface area contributed by atoms with Crippen molar-refractivity contribution in [1.29, 1.82) is 0 Å². The first kappa shape index (κ1) is 16.6. The van der Waals surface area contributed by atoms with Crippen molar-refractivity contribution in [2.45, 2.75) is 44.9 Å². The predicted molar refractivity (Wildman–Crippen MR) is 91.6 cm³/mol. The van der Waals surface area contributed by atoms with Gasteiger partial charge < -0.3 is 0 Å². The summed E-state index contributed by atoms with van der Waals surface area (Å²) in [4.78, 5) is 3.34. The van der Waals surface area contributed by atoms with E-state index >= 15 is 0 Å². The Morgan fingerprint density at radius 3 is 2.29 bits per heavy atom. The molecule has 1 heterocycles. The van der Waals surface area contributed by atoms with Gasteiger partial charge >= 0.3 is 0 Å². The van der Waals surface area contributed by atoms with Crippen molar-refractivity contribution in [3.8, 4) is 11.8 Å². The lowest BCUT2D eigenvalue weighted by Crippen LogP contribution is -2.12. The Morgan fingerprint density at radius 2 is 1.67 bits per heavy atom. The molecule has 1 aromatic carbocycles. The summed E-state index contributed by atoms with van der Waals surface area (Å²) in [5.74, 6) is 5.29. The Morgan fingerprint density at radius 1 is 1.00 bits per heavy atom. The Hall–Kier alpha value is -2.21. The van der Waals surface area contributed by atoms with Gasteiger partial charge in [-0.2, -0.15) is 4.39 Å². The molecule has 0 amide bonds. The third-order valence-electron chi connectivity index (χ3n) is 4.95. The van der Waals surface area contributed by atoms with Gasteiger partial charge in [-0.15, -0.1) is 0 Å². The van der Waals surface area contributed by atoms with Gasteiger partial charge in [0.25, 0.3) is 0 Å². The molecule has 0 bridgehead atoms. The van der Waals surface area contributed by atoms with E-state index in [0.717, 1.165) is 17.5 Å². The molecule has 2 aromatic rings. The van der Waals surface area contributed by atoms with Crippen molar-refractivity contribution < 1.29 is 8.78 Å². The van der Waals surface area contributed by atoms with Crippen LogP contribution in [-0.2, 0) is 0 Å². The topological polar surface area (TPSA) is 12.9 Å². The van der Waals surface area contributed by atoms with Crippen molar-refractivity contribution in [1.82, 2.24) is 4.98 Å². The standard InChI is InChI=1S/C21H21F2N/c1-2-15-5-9-18(10-6-15)19-11-7-16(8-12-19)3-4-17-13-20(22)21(23)24-14-17/h7-8,11-15,18H,2,5-6,9-10H2,1H3. The van der Waals surface area contributed by atoms with Crippen LogP contribution in [0.2, 0.25) is 0 Å². The lowest BCUT2D eigenvalue weighted by Gasteiger charge is -2.28. The van der Waals surface area contributed by atoms with Gasteiger partial charge in [-0.1, -0.05) is 37.3 Å². The van der Waals surface area contributed by atoms with Gasteiger partial charge in [0.05, 0.1) is 0 Å². The molecule has 124 valence electrons. The zero-order valence-electron chi connectivity index (χ0n) is 13.9. The second kappa shape index (κ2) is 7.57. The first-order chi connectivity index (χ1) is 11.7. The molecule has 0 radical (unpaired) electrons. The minimum Gasteiger partial charge on any atom is -0.224 e. The number of halogens is 2. The molecule has 1 nitrogen and oxygen atoms in total. The lowest BCUT2D eigenvalue weighted by atomic mass is 9.78. The van der Waals surface area contributed by atoms with Crippen molar-refractivity contribution in [3.63, 3.8) is 0 Å². The summed E-state index contributed by atoms with van der Waals surface area (Å²) in [6.07, 6.45) is 7.72. The molecule has 1 aromatic heterocycles. The minimum atomic E-state index is -1.09. The van der Waals surface area contributed by atoms with Crippen LogP contribution in [0.1, 0.15) is 61.6 Å². The van der Waals surface area contributed by atoms with Crippen molar-refractivity contribution in [2.24, 2.45) is 5.92 Å². The highest BCUT2D eigenvalue weighted by Gasteiger charge is 2.20. The number of hydrogen-bond donors (Lipinski definition) is 0. The summed E-state index contributed by atoms with van der Waals surface area (Å²) < 4.78 is 25.9. The highest BCUT2D eigenvalue weighted by Crippen LogP contribution is 2.36. The fourth-order valence-electron chi connectivity index (χ4n) is 3.38. The molecule has 0 aliphatic heterocycles. The first-order valence-electron chi connectivity index (χ1n) is 8.58. The van der Waals surface area contributed by atoms with Crippen LogP contribution in [0.5, 0.6) is 0 Å².